The molecule has 0 amide bonds. The first-order chi connectivity index (χ1) is 36.8. The van der Waals surface area contributed by atoms with Gasteiger partial charge in [-0.1, -0.05) is 242 Å². The summed E-state index contributed by atoms with van der Waals surface area (Å²) in [5.41, 5.74) is 23.1. The van der Waals surface area contributed by atoms with Crippen LogP contribution >= 0.6 is 0 Å². The second-order valence-corrected chi connectivity index (χ2v) is 23.0. The lowest BCUT2D eigenvalue weighted by atomic mass is 9.74. The number of rotatable bonds is 8. The van der Waals surface area contributed by atoms with Crippen LogP contribution in [0.15, 0.2) is 247 Å². The zero-order chi connectivity index (χ0) is 51.9. The molecule has 0 spiro atoms. The lowest BCUT2D eigenvalue weighted by Crippen LogP contribution is -2.22. The zero-order valence-electron chi connectivity index (χ0n) is 44.4. The summed E-state index contributed by atoms with van der Waals surface area (Å²) in [6, 6.07) is 90.2. The van der Waals surface area contributed by atoms with Crippen LogP contribution in [0.4, 0.5) is 17.1 Å². The summed E-state index contributed by atoms with van der Waals surface area (Å²) < 4.78 is 6.40. The van der Waals surface area contributed by atoms with Gasteiger partial charge in [0.25, 0.3) is 0 Å². The van der Waals surface area contributed by atoms with E-state index in [0.29, 0.717) is 0 Å². The third-order valence-electron chi connectivity index (χ3n) is 16.3. The van der Waals surface area contributed by atoms with Crippen molar-refractivity contribution in [3.63, 3.8) is 0 Å². The Balaban J connectivity index is 1.07. The minimum absolute atomic E-state index is 0.0322. The van der Waals surface area contributed by atoms with Gasteiger partial charge < -0.3 is 9.32 Å². The van der Waals surface area contributed by atoms with Gasteiger partial charge in [0.1, 0.15) is 11.2 Å². The Morgan fingerprint density at radius 1 is 0.342 bits per heavy atom. The number of benzene rings is 11. The smallest absolute Gasteiger partial charge is 0.135 e. The van der Waals surface area contributed by atoms with Crippen LogP contribution in [0.1, 0.15) is 76.3 Å². The third-order valence-corrected chi connectivity index (χ3v) is 16.3. The molecule has 1 aromatic heterocycles. The lowest BCUT2D eigenvalue weighted by Gasteiger charge is -2.32. The van der Waals surface area contributed by atoms with Gasteiger partial charge in [0, 0.05) is 32.9 Å². The maximum Gasteiger partial charge on any atom is 0.135 e. The van der Waals surface area contributed by atoms with Crippen LogP contribution in [0.2, 0.25) is 0 Å². The van der Waals surface area contributed by atoms with E-state index >= 15 is 0 Å². The first kappa shape index (κ1) is 47.0. The summed E-state index contributed by atoms with van der Waals surface area (Å²) in [5.74, 6) is 0. The molecule has 0 radical (unpaired) electrons. The van der Waals surface area contributed by atoms with Crippen LogP contribution in [0.5, 0.6) is 0 Å². The topological polar surface area (TPSA) is 16.4 Å². The fraction of sp³-hybridized carbons (Fsp3) is 0.135. The van der Waals surface area contributed by atoms with Crippen molar-refractivity contribution >= 4 is 49.8 Å². The molecule has 0 saturated carbocycles. The Morgan fingerprint density at radius 2 is 0.842 bits per heavy atom. The van der Waals surface area contributed by atoms with Crippen molar-refractivity contribution in [3.05, 3.63) is 270 Å². The molecule has 1 unspecified atom stereocenters. The Labute approximate surface area is 447 Å². The predicted molar refractivity (Wildman–Crippen MR) is 322 cm³/mol. The van der Waals surface area contributed by atoms with Gasteiger partial charge in [-0.2, -0.15) is 0 Å². The van der Waals surface area contributed by atoms with Crippen LogP contribution in [0, 0.1) is 0 Å². The standard InChI is InChI=1S/C74H61NO/c1-72(2,3)53-43-51(44-54(47-53)73(4,5)6)57-32-21-23-48-24-22-33-62(71(48)57)60-30-14-19-37-68(60)75(66-35-17-12-27-55(66)49-40-42-70-63(45-49)61-31-15-20-38-69(61)76-70)67-36-18-13-28-56(67)50-39-41-59-58-29-11-16-34-64(58)74(7,65(59)46-50)52-25-9-8-10-26-52/h8-47H,1-7H3. The SMILES string of the molecule is CC(C)(C)c1cc(-c2cccc3cccc(-c4ccccc4N(c4ccccc4-c4ccc5c(c4)C(C)(c4ccccc4)c4ccccc4-5)c4ccccc4-c4ccc5oc6ccccc6c5c4)c23)cc(C(C)(C)C)c1. The molecule has 12 aromatic rings. The van der Waals surface area contributed by atoms with E-state index in [1.807, 2.05) is 6.07 Å². The number of fused-ring (bicyclic) bond motifs is 7. The molecule has 11 aromatic carbocycles. The quantitative estimate of drug-likeness (QED) is 0.151. The average Bonchev–Trinajstić information content (AvgIpc) is 3.98. The average molecular weight is 980 g/mol. The highest BCUT2D eigenvalue weighted by molar-refractivity contribution is 6.11. The van der Waals surface area contributed by atoms with E-state index in [1.54, 1.807) is 0 Å². The highest BCUT2D eigenvalue weighted by atomic mass is 16.3. The van der Waals surface area contributed by atoms with Gasteiger partial charge in [-0.25, -0.2) is 0 Å². The Kier molecular flexibility index (Phi) is 11.1. The number of furan rings is 1. The third kappa shape index (κ3) is 7.77. The maximum absolute atomic E-state index is 6.40. The van der Waals surface area contributed by atoms with Crippen LogP contribution in [0.3, 0.4) is 0 Å². The van der Waals surface area contributed by atoms with Gasteiger partial charge in [-0.05, 0) is 138 Å². The fourth-order valence-electron chi connectivity index (χ4n) is 12.2. The van der Waals surface area contributed by atoms with E-state index in [2.05, 4.69) is 290 Å². The summed E-state index contributed by atoms with van der Waals surface area (Å²) in [4.78, 5) is 2.54. The number of hydrogen-bond donors (Lipinski definition) is 0. The van der Waals surface area contributed by atoms with Crippen molar-refractivity contribution in [1.82, 2.24) is 0 Å². The highest BCUT2D eigenvalue weighted by Crippen LogP contribution is 2.55. The second-order valence-electron chi connectivity index (χ2n) is 23.0. The van der Waals surface area contributed by atoms with Crippen LogP contribution in [-0.2, 0) is 16.2 Å². The molecular formula is C74H61NO. The summed E-state index contributed by atoms with van der Waals surface area (Å²) in [5, 5.41) is 4.65. The van der Waals surface area contributed by atoms with E-state index in [-0.39, 0.29) is 16.2 Å². The molecule has 0 fully saturated rings. The number of nitrogens with zero attached hydrogens (tertiary/aromatic N) is 1. The van der Waals surface area contributed by atoms with E-state index in [1.165, 1.54) is 66.4 Å². The van der Waals surface area contributed by atoms with Crippen LogP contribution in [0.25, 0.3) is 88.3 Å². The molecule has 0 aliphatic heterocycles. The second kappa shape index (κ2) is 18.0. The fourth-order valence-corrected chi connectivity index (χ4v) is 12.2. The van der Waals surface area contributed by atoms with Crippen molar-refractivity contribution in [1.29, 1.82) is 0 Å². The van der Waals surface area contributed by atoms with Crippen molar-refractivity contribution in [2.24, 2.45) is 0 Å². The van der Waals surface area contributed by atoms with Crippen molar-refractivity contribution in [2.75, 3.05) is 4.90 Å². The number of para-hydroxylation sites is 4. The molecule has 2 heteroatoms. The molecule has 13 rings (SSSR count). The molecule has 1 heterocycles. The summed E-state index contributed by atoms with van der Waals surface area (Å²) >= 11 is 0. The monoisotopic (exact) mass is 979 g/mol. The molecule has 2 nitrogen and oxygen atoms in total. The summed E-state index contributed by atoms with van der Waals surface area (Å²) in [6.07, 6.45) is 0. The van der Waals surface area contributed by atoms with E-state index < -0.39 is 0 Å². The van der Waals surface area contributed by atoms with E-state index in [4.69, 9.17) is 4.42 Å². The van der Waals surface area contributed by atoms with Crippen molar-refractivity contribution in [2.45, 2.75) is 64.7 Å². The minimum Gasteiger partial charge on any atom is -0.456 e. The number of hydrogen-bond acceptors (Lipinski definition) is 2. The maximum atomic E-state index is 6.40. The zero-order valence-corrected chi connectivity index (χ0v) is 44.4. The molecule has 76 heavy (non-hydrogen) atoms. The van der Waals surface area contributed by atoms with Gasteiger partial charge in [-0.3, -0.25) is 0 Å². The molecule has 0 saturated heterocycles. The van der Waals surface area contributed by atoms with Crippen molar-refractivity contribution < 1.29 is 4.42 Å². The Bertz CT molecular complexity index is 4180. The molecule has 368 valence electrons. The van der Waals surface area contributed by atoms with Gasteiger partial charge in [-0.15, -0.1) is 0 Å². The predicted octanol–water partition coefficient (Wildman–Crippen LogP) is 20.8. The van der Waals surface area contributed by atoms with Gasteiger partial charge in [0.15, 0.2) is 0 Å². The minimum atomic E-state index is -0.348. The number of anilines is 3. The van der Waals surface area contributed by atoms with Crippen LogP contribution in [-0.4, -0.2) is 0 Å². The first-order valence-corrected chi connectivity index (χ1v) is 26.8. The van der Waals surface area contributed by atoms with Gasteiger partial charge >= 0.3 is 0 Å². The Hall–Kier alpha value is -8.72. The molecule has 0 N–H and O–H groups in total. The molecular weight excluding hydrogens is 919 g/mol. The van der Waals surface area contributed by atoms with E-state index in [0.717, 1.165) is 66.8 Å². The highest BCUT2D eigenvalue weighted by Gasteiger charge is 2.41. The Morgan fingerprint density at radius 3 is 1.51 bits per heavy atom. The molecule has 0 bridgehead atoms. The van der Waals surface area contributed by atoms with Crippen molar-refractivity contribution in [3.8, 4) is 55.6 Å². The van der Waals surface area contributed by atoms with Gasteiger partial charge in [0.05, 0.1) is 17.1 Å². The first-order valence-electron chi connectivity index (χ1n) is 26.8. The van der Waals surface area contributed by atoms with Crippen LogP contribution < -0.4 is 4.90 Å². The summed E-state index contributed by atoms with van der Waals surface area (Å²) in [6.45, 7) is 16.4. The molecule has 1 aliphatic carbocycles. The normalized spacial score (nSPS) is 14.3. The molecule has 1 atom stereocenters. The van der Waals surface area contributed by atoms with E-state index in [9.17, 15) is 0 Å². The van der Waals surface area contributed by atoms with Gasteiger partial charge in [0.2, 0.25) is 0 Å². The largest absolute Gasteiger partial charge is 0.456 e. The summed E-state index contributed by atoms with van der Waals surface area (Å²) in [7, 11) is 0. The molecule has 1 aliphatic rings. The lowest BCUT2D eigenvalue weighted by molar-refractivity contribution is 0.569.